The zero-order valence-corrected chi connectivity index (χ0v) is 14.7. The molecule has 3 rings (SSSR count). The predicted octanol–water partition coefficient (Wildman–Crippen LogP) is 1.39. The van der Waals surface area contributed by atoms with E-state index >= 15 is 0 Å². The van der Waals surface area contributed by atoms with Gasteiger partial charge in [0.25, 0.3) is 11.5 Å². The first kappa shape index (κ1) is 17.8. The molecule has 0 radical (unpaired) electrons. The highest BCUT2D eigenvalue weighted by Gasteiger charge is 2.46. The molecule has 0 saturated heterocycles. The number of rotatable bonds is 5. The van der Waals surface area contributed by atoms with Crippen LogP contribution in [0.15, 0.2) is 46.1 Å². The Bertz CT molecular complexity index is 958. The molecule has 0 amide bonds. The maximum Gasteiger partial charge on any atom is 0.338 e. The molecular formula is C19H20N2O5. The quantitative estimate of drug-likeness (QED) is 0.756. The van der Waals surface area contributed by atoms with Gasteiger partial charge in [-0.15, -0.1) is 0 Å². The average Bonchev–Trinajstić information content (AvgIpc) is 3.43. The largest absolute Gasteiger partial charge is 0.466 e. The van der Waals surface area contributed by atoms with Crippen LogP contribution in [0.25, 0.3) is 0 Å². The fourth-order valence-corrected chi connectivity index (χ4v) is 2.98. The van der Waals surface area contributed by atoms with Crippen molar-refractivity contribution in [2.75, 3.05) is 6.61 Å². The number of hydrogen-bond acceptors (Lipinski definition) is 5. The predicted molar refractivity (Wildman–Crippen MR) is 94.3 cm³/mol. The lowest BCUT2D eigenvalue weighted by Gasteiger charge is -2.12. The Kier molecular flexibility index (Phi) is 4.88. The second-order valence-corrected chi connectivity index (χ2v) is 6.17. The fourth-order valence-electron chi connectivity index (χ4n) is 2.98. The van der Waals surface area contributed by atoms with Gasteiger partial charge in [-0.3, -0.25) is 19.0 Å². The number of esters is 1. The summed E-state index contributed by atoms with van der Waals surface area (Å²) in [6.45, 7) is 3.76. The molecule has 136 valence electrons. The van der Waals surface area contributed by atoms with Gasteiger partial charge in [-0.25, -0.2) is 4.79 Å². The molecule has 7 heteroatoms. The van der Waals surface area contributed by atoms with E-state index in [-0.39, 0.29) is 24.2 Å². The molecule has 7 nitrogen and oxygen atoms in total. The standard InChI is InChI=1S/C19H20N2O5/c1-3-12-11-20(15-10-14(15)18(24)26-4-2)19(25)21(16(12)22)17(23)13-8-6-5-7-9-13/h5-9,11,14-15H,3-4,10H2,1-2H3/t14-,15-/m1/s1. The highest BCUT2D eigenvalue weighted by Crippen LogP contribution is 2.43. The molecule has 1 aliphatic carbocycles. The second-order valence-electron chi connectivity index (χ2n) is 6.17. The summed E-state index contributed by atoms with van der Waals surface area (Å²) in [5, 5.41) is 0. The number of nitrogens with zero attached hydrogens (tertiary/aromatic N) is 2. The summed E-state index contributed by atoms with van der Waals surface area (Å²) in [7, 11) is 0. The lowest BCUT2D eigenvalue weighted by atomic mass is 10.2. The highest BCUT2D eigenvalue weighted by atomic mass is 16.5. The lowest BCUT2D eigenvalue weighted by Crippen LogP contribution is -2.45. The third-order valence-corrected chi connectivity index (χ3v) is 4.49. The van der Waals surface area contributed by atoms with Gasteiger partial charge in [0, 0.05) is 17.3 Å². The van der Waals surface area contributed by atoms with Crippen LogP contribution in [-0.2, 0) is 16.0 Å². The summed E-state index contributed by atoms with van der Waals surface area (Å²) in [5.41, 5.74) is -0.735. The number of carbonyl (C=O) groups excluding carboxylic acids is 2. The molecule has 0 spiro atoms. The van der Waals surface area contributed by atoms with Gasteiger partial charge in [0.15, 0.2) is 0 Å². The minimum atomic E-state index is -0.724. The molecule has 0 bridgehead atoms. The summed E-state index contributed by atoms with van der Waals surface area (Å²) < 4.78 is 6.98. The van der Waals surface area contributed by atoms with Gasteiger partial charge in [0.1, 0.15) is 0 Å². The number of benzene rings is 1. The molecule has 0 unspecified atom stereocenters. The molecule has 0 aliphatic heterocycles. The molecule has 0 N–H and O–H groups in total. The van der Waals surface area contributed by atoms with Crippen molar-refractivity contribution in [3.8, 4) is 0 Å². The van der Waals surface area contributed by atoms with E-state index in [0.29, 0.717) is 23.0 Å². The van der Waals surface area contributed by atoms with E-state index in [1.165, 1.54) is 10.8 Å². The van der Waals surface area contributed by atoms with E-state index in [1.54, 1.807) is 44.2 Å². The van der Waals surface area contributed by atoms with E-state index in [9.17, 15) is 19.2 Å². The summed E-state index contributed by atoms with van der Waals surface area (Å²) in [4.78, 5) is 50.0. The molecular weight excluding hydrogens is 336 g/mol. The van der Waals surface area contributed by atoms with Crippen LogP contribution in [0.4, 0.5) is 0 Å². The van der Waals surface area contributed by atoms with Gasteiger partial charge in [0.2, 0.25) is 0 Å². The molecule has 1 aromatic heterocycles. The van der Waals surface area contributed by atoms with Gasteiger partial charge in [0.05, 0.1) is 18.6 Å². The Balaban J connectivity index is 2.06. The van der Waals surface area contributed by atoms with Crippen LogP contribution < -0.4 is 11.2 Å². The normalized spacial score (nSPS) is 18.4. The van der Waals surface area contributed by atoms with E-state index in [2.05, 4.69) is 0 Å². The molecule has 1 fully saturated rings. The van der Waals surface area contributed by atoms with Crippen LogP contribution in [0.2, 0.25) is 0 Å². The third kappa shape index (κ3) is 3.12. The summed E-state index contributed by atoms with van der Waals surface area (Å²) in [6, 6.07) is 7.79. The summed E-state index contributed by atoms with van der Waals surface area (Å²) >= 11 is 0. The Morgan fingerprint density at radius 3 is 2.46 bits per heavy atom. The van der Waals surface area contributed by atoms with Crippen molar-refractivity contribution in [1.82, 2.24) is 9.13 Å². The van der Waals surface area contributed by atoms with Crippen LogP contribution >= 0.6 is 0 Å². The monoisotopic (exact) mass is 356 g/mol. The Morgan fingerprint density at radius 1 is 1.15 bits per heavy atom. The smallest absolute Gasteiger partial charge is 0.338 e. The van der Waals surface area contributed by atoms with Crippen LogP contribution in [0.5, 0.6) is 0 Å². The number of carbonyl (C=O) groups is 2. The molecule has 1 aromatic carbocycles. The molecule has 1 aliphatic rings. The van der Waals surface area contributed by atoms with E-state index in [1.807, 2.05) is 0 Å². The first-order valence-corrected chi connectivity index (χ1v) is 8.63. The topological polar surface area (TPSA) is 87.4 Å². The van der Waals surface area contributed by atoms with Gasteiger partial charge in [-0.2, -0.15) is 4.57 Å². The number of hydrogen-bond donors (Lipinski definition) is 0. The molecule has 1 heterocycles. The van der Waals surface area contributed by atoms with Gasteiger partial charge >= 0.3 is 11.7 Å². The van der Waals surface area contributed by atoms with Gasteiger partial charge in [-0.1, -0.05) is 25.1 Å². The van der Waals surface area contributed by atoms with Crippen LogP contribution in [-0.4, -0.2) is 27.6 Å². The van der Waals surface area contributed by atoms with Gasteiger partial charge < -0.3 is 4.74 Å². The Labute approximate surface area is 149 Å². The van der Waals surface area contributed by atoms with Crippen molar-refractivity contribution >= 4 is 11.9 Å². The number of aryl methyl sites for hydroxylation is 1. The zero-order chi connectivity index (χ0) is 18.8. The average molecular weight is 356 g/mol. The van der Waals surface area contributed by atoms with Crippen molar-refractivity contribution < 1.29 is 14.3 Å². The van der Waals surface area contributed by atoms with Crippen LogP contribution in [0.3, 0.4) is 0 Å². The maximum atomic E-state index is 12.8. The van der Waals surface area contributed by atoms with Crippen molar-refractivity contribution in [3.05, 3.63) is 68.5 Å². The zero-order valence-electron chi connectivity index (χ0n) is 14.7. The molecule has 2 aromatic rings. The van der Waals surface area contributed by atoms with Crippen LogP contribution in [0.1, 0.15) is 42.2 Å². The molecule has 26 heavy (non-hydrogen) atoms. The highest BCUT2D eigenvalue weighted by molar-refractivity contribution is 5.95. The van der Waals surface area contributed by atoms with Crippen molar-refractivity contribution in [3.63, 3.8) is 0 Å². The Hall–Kier alpha value is -2.96. The maximum absolute atomic E-state index is 12.8. The SMILES string of the molecule is CCOC(=O)[C@@H]1C[C@H]1n1cc(CC)c(=O)n(C(=O)c2ccccc2)c1=O. The summed E-state index contributed by atoms with van der Waals surface area (Å²) in [6.07, 6.45) is 2.29. The first-order valence-electron chi connectivity index (χ1n) is 8.63. The number of ether oxygens (including phenoxy) is 1. The number of aromatic nitrogens is 2. The second kappa shape index (κ2) is 7.11. The lowest BCUT2D eigenvalue weighted by molar-refractivity contribution is -0.144. The molecule has 2 atom stereocenters. The fraction of sp³-hybridized carbons (Fsp3) is 0.368. The minimum absolute atomic E-state index is 0.254. The van der Waals surface area contributed by atoms with Gasteiger partial charge in [-0.05, 0) is 31.9 Å². The van der Waals surface area contributed by atoms with Crippen LogP contribution in [0, 0.1) is 5.92 Å². The van der Waals surface area contributed by atoms with E-state index in [0.717, 1.165) is 0 Å². The van der Waals surface area contributed by atoms with Crippen molar-refractivity contribution in [2.24, 2.45) is 5.92 Å². The summed E-state index contributed by atoms with van der Waals surface area (Å²) in [5.74, 6) is -1.46. The van der Waals surface area contributed by atoms with E-state index in [4.69, 9.17) is 4.74 Å². The Morgan fingerprint density at radius 2 is 1.85 bits per heavy atom. The minimum Gasteiger partial charge on any atom is -0.466 e. The molecule has 1 saturated carbocycles. The van der Waals surface area contributed by atoms with Crippen molar-refractivity contribution in [1.29, 1.82) is 0 Å². The van der Waals surface area contributed by atoms with Crippen molar-refractivity contribution in [2.45, 2.75) is 32.7 Å². The first-order chi connectivity index (χ1) is 12.5. The van der Waals surface area contributed by atoms with E-state index < -0.39 is 23.1 Å². The third-order valence-electron chi connectivity index (χ3n) is 4.49.